The summed E-state index contributed by atoms with van der Waals surface area (Å²) in [6.07, 6.45) is 0. The molecule has 11 heteroatoms. The van der Waals surface area contributed by atoms with Crippen molar-refractivity contribution in [2.75, 3.05) is 0 Å². The van der Waals surface area contributed by atoms with E-state index in [9.17, 15) is 18.5 Å². The molecule has 0 unspecified atom stereocenters. The van der Waals surface area contributed by atoms with E-state index in [4.69, 9.17) is 15.1 Å². The lowest BCUT2D eigenvalue weighted by atomic mass is 10.3. The molecule has 0 amide bonds. The minimum atomic E-state index is -4.09. The summed E-state index contributed by atoms with van der Waals surface area (Å²) in [5, 5.41) is 17.3. The van der Waals surface area contributed by atoms with Gasteiger partial charge in [-0.05, 0) is 19.9 Å². The molecule has 108 valence electrons. The summed E-state index contributed by atoms with van der Waals surface area (Å²) in [5.41, 5.74) is 0. The molecule has 0 bridgehead atoms. The molecule has 0 saturated carbocycles. The zero-order chi connectivity index (χ0) is 15.1. The van der Waals surface area contributed by atoms with Gasteiger partial charge in [-0.3, -0.25) is 14.7 Å². The normalized spacial score (nSPS) is 12.0. The molecule has 0 atom stereocenters. The van der Waals surface area contributed by atoms with E-state index in [1.54, 1.807) is 13.8 Å². The third-order valence-electron chi connectivity index (χ3n) is 2.39. The number of hydrogen-bond donors (Lipinski definition) is 0. The van der Waals surface area contributed by atoms with Crippen molar-refractivity contribution in [1.82, 2.24) is 14.8 Å². The van der Waals surface area contributed by atoms with Gasteiger partial charge < -0.3 is 4.42 Å². The van der Waals surface area contributed by atoms with E-state index in [2.05, 4.69) is 10.2 Å². The lowest BCUT2D eigenvalue weighted by Gasteiger charge is -2.10. The lowest BCUT2D eigenvalue weighted by Crippen LogP contribution is -2.09. The van der Waals surface area contributed by atoms with Crippen LogP contribution in [0.1, 0.15) is 19.9 Å². The first kappa shape index (κ1) is 14.5. The molecule has 0 aliphatic carbocycles. The molecule has 2 heterocycles. The van der Waals surface area contributed by atoms with Crippen LogP contribution < -0.4 is 0 Å². The summed E-state index contributed by atoms with van der Waals surface area (Å²) < 4.78 is 29.1. The van der Waals surface area contributed by atoms with Crippen LogP contribution in [0.4, 0.5) is 5.88 Å². The van der Waals surface area contributed by atoms with Gasteiger partial charge in [-0.15, -0.1) is 10.2 Å². The molecule has 0 aliphatic heterocycles. The van der Waals surface area contributed by atoms with Crippen molar-refractivity contribution in [3.8, 4) is 11.6 Å². The summed E-state index contributed by atoms with van der Waals surface area (Å²) in [6.45, 7) is 3.38. The Labute approximate surface area is 117 Å². The number of hydrogen-bond acceptors (Lipinski definition) is 7. The predicted octanol–water partition coefficient (Wildman–Crippen LogP) is 1.95. The number of rotatable bonds is 4. The Kier molecular flexibility index (Phi) is 3.52. The van der Waals surface area contributed by atoms with Gasteiger partial charge in [-0.2, -0.15) is 0 Å². The van der Waals surface area contributed by atoms with Crippen LogP contribution >= 0.6 is 10.7 Å². The third kappa shape index (κ3) is 2.51. The maximum Gasteiger partial charge on any atom is 0.433 e. The van der Waals surface area contributed by atoms with Gasteiger partial charge in [0.25, 0.3) is 14.2 Å². The summed E-state index contributed by atoms with van der Waals surface area (Å²) in [5.74, 6) is -0.398. The first-order valence-corrected chi connectivity index (χ1v) is 7.67. The molecule has 0 saturated heterocycles. The van der Waals surface area contributed by atoms with Crippen LogP contribution in [-0.4, -0.2) is 28.1 Å². The molecule has 20 heavy (non-hydrogen) atoms. The van der Waals surface area contributed by atoms with Gasteiger partial charge in [0.05, 0.1) is 6.07 Å². The third-order valence-corrected chi connectivity index (χ3v) is 3.52. The first-order valence-electron chi connectivity index (χ1n) is 5.36. The van der Waals surface area contributed by atoms with E-state index in [1.165, 1.54) is 10.6 Å². The topological polar surface area (TPSA) is 121 Å². The lowest BCUT2D eigenvalue weighted by molar-refractivity contribution is -0.401. The highest BCUT2D eigenvalue weighted by Gasteiger charge is 2.27. The molecule has 0 aliphatic rings. The molecule has 2 aromatic heterocycles. The second-order valence-electron chi connectivity index (χ2n) is 4.10. The van der Waals surface area contributed by atoms with Gasteiger partial charge in [-0.1, -0.05) is 0 Å². The SMILES string of the molecule is CC(C)n1c(-c2ccc([N+](=O)[O-])o2)nnc1S(=O)(=O)Cl. The zero-order valence-electron chi connectivity index (χ0n) is 10.3. The van der Waals surface area contributed by atoms with Gasteiger partial charge in [-0.25, -0.2) is 8.42 Å². The molecule has 2 aromatic rings. The molecule has 0 aromatic carbocycles. The van der Waals surface area contributed by atoms with Crippen LogP contribution in [0.3, 0.4) is 0 Å². The highest BCUT2D eigenvalue weighted by atomic mass is 35.7. The first-order chi connectivity index (χ1) is 9.21. The molecular formula is C9H9ClN4O5S. The molecule has 0 fully saturated rings. The number of aromatic nitrogens is 3. The smallest absolute Gasteiger partial charge is 0.397 e. The van der Waals surface area contributed by atoms with E-state index >= 15 is 0 Å². The fourth-order valence-electron chi connectivity index (χ4n) is 1.62. The van der Waals surface area contributed by atoms with Crippen LogP contribution in [0.5, 0.6) is 0 Å². The van der Waals surface area contributed by atoms with E-state index in [1.807, 2.05) is 0 Å². The summed E-state index contributed by atoms with van der Waals surface area (Å²) in [4.78, 5) is 9.87. The Bertz CT molecular complexity index is 763. The Morgan fingerprint density at radius 3 is 2.50 bits per heavy atom. The largest absolute Gasteiger partial charge is 0.433 e. The van der Waals surface area contributed by atoms with Crippen molar-refractivity contribution in [3.63, 3.8) is 0 Å². The average Bonchev–Trinajstić information content (AvgIpc) is 2.94. The highest BCUT2D eigenvalue weighted by molar-refractivity contribution is 8.13. The van der Waals surface area contributed by atoms with Crippen LogP contribution in [-0.2, 0) is 9.05 Å². The van der Waals surface area contributed by atoms with E-state index < -0.39 is 25.0 Å². The van der Waals surface area contributed by atoms with E-state index in [0.29, 0.717) is 0 Å². The van der Waals surface area contributed by atoms with Crippen LogP contribution in [0.2, 0.25) is 0 Å². The van der Waals surface area contributed by atoms with Crippen molar-refractivity contribution >= 4 is 25.6 Å². The number of halogens is 1. The van der Waals surface area contributed by atoms with Crippen molar-refractivity contribution in [1.29, 1.82) is 0 Å². The zero-order valence-corrected chi connectivity index (χ0v) is 11.9. The van der Waals surface area contributed by atoms with Gasteiger partial charge in [0.15, 0.2) is 5.76 Å². The summed E-state index contributed by atoms with van der Waals surface area (Å²) in [6, 6.07) is 2.11. The highest BCUT2D eigenvalue weighted by Crippen LogP contribution is 2.29. The second kappa shape index (κ2) is 4.87. The minimum absolute atomic E-state index is 0.0319. The molecule has 9 nitrogen and oxygen atoms in total. The van der Waals surface area contributed by atoms with Crippen molar-refractivity contribution in [3.05, 3.63) is 22.2 Å². The van der Waals surface area contributed by atoms with Gasteiger partial charge >= 0.3 is 5.88 Å². The van der Waals surface area contributed by atoms with Crippen molar-refractivity contribution in [2.24, 2.45) is 0 Å². The van der Waals surface area contributed by atoms with Gasteiger partial charge in [0.1, 0.15) is 4.92 Å². The Morgan fingerprint density at radius 1 is 1.40 bits per heavy atom. The molecule has 2 rings (SSSR count). The maximum atomic E-state index is 11.4. The maximum absolute atomic E-state index is 11.4. The predicted molar refractivity (Wildman–Crippen MR) is 67.8 cm³/mol. The quantitative estimate of drug-likeness (QED) is 0.479. The Hall–Kier alpha value is -1.94. The second-order valence-corrected chi connectivity index (χ2v) is 6.56. The van der Waals surface area contributed by atoms with Crippen molar-refractivity contribution < 1.29 is 17.8 Å². The van der Waals surface area contributed by atoms with Gasteiger partial charge in [0.2, 0.25) is 5.82 Å². The Balaban J connectivity index is 2.62. The number of nitro groups is 1. The molecule has 0 spiro atoms. The fourth-order valence-corrected chi connectivity index (χ4v) is 2.61. The minimum Gasteiger partial charge on any atom is -0.397 e. The van der Waals surface area contributed by atoms with E-state index in [-0.39, 0.29) is 17.6 Å². The monoisotopic (exact) mass is 320 g/mol. The standard InChI is InChI=1S/C9H9ClN4O5S/c1-5(2)13-8(11-12-9(13)20(10,17)18)6-3-4-7(19-6)14(15)16/h3-5H,1-2H3. The number of nitrogens with zero attached hydrogens (tertiary/aromatic N) is 4. The van der Waals surface area contributed by atoms with E-state index in [0.717, 1.165) is 6.07 Å². The van der Waals surface area contributed by atoms with Crippen LogP contribution in [0.15, 0.2) is 21.7 Å². The van der Waals surface area contributed by atoms with Crippen LogP contribution in [0.25, 0.3) is 11.6 Å². The average molecular weight is 321 g/mol. The number of furan rings is 1. The molecular weight excluding hydrogens is 312 g/mol. The summed E-state index contributed by atoms with van der Waals surface area (Å²) in [7, 11) is 1.19. The molecule has 0 radical (unpaired) electrons. The Morgan fingerprint density at radius 2 is 2.05 bits per heavy atom. The van der Waals surface area contributed by atoms with Crippen LogP contribution in [0, 0.1) is 10.1 Å². The van der Waals surface area contributed by atoms with Gasteiger partial charge in [0, 0.05) is 16.7 Å². The fraction of sp³-hybridized carbons (Fsp3) is 0.333. The molecule has 0 N–H and O–H groups in total. The van der Waals surface area contributed by atoms with Crippen molar-refractivity contribution in [2.45, 2.75) is 25.0 Å². The summed E-state index contributed by atoms with van der Waals surface area (Å²) >= 11 is 0.